The van der Waals surface area contributed by atoms with Crippen molar-refractivity contribution in [1.82, 2.24) is 0 Å². The van der Waals surface area contributed by atoms with E-state index in [1.807, 2.05) is 6.92 Å². The molecule has 0 N–H and O–H groups in total. The first-order valence-electron chi connectivity index (χ1n) is 7.62. The molecule has 0 saturated heterocycles. The molecule has 0 aromatic rings. The minimum Gasteiger partial charge on any atom is -0.463 e. The predicted molar refractivity (Wildman–Crippen MR) is 89.1 cm³/mol. The normalized spacial score (nSPS) is 22.3. The summed E-state index contributed by atoms with van der Waals surface area (Å²) in [5.41, 5.74) is 0.390. The molecule has 1 aliphatic carbocycles. The Morgan fingerprint density at radius 1 is 1.38 bits per heavy atom. The molecule has 3 heteroatoms. The van der Waals surface area contributed by atoms with Gasteiger partial charge in [0.1, 0.15) is 6.29 Å². The van der Waals surface area contributed by atoms with Crippen LogP contribution in [0.4, 0.5) is 0 Å². The highest BCUT2D eigenvalue weighted by Crippen LogP contribution is 2.48. The van der Waals surface area contributed by atoms with Gasteiger partial charge in [-0.15, -0.1) is 0 Å². The molecule has 3 nitrogen and oxygen atoms in total. The average Bonchev–Trinajstić information content (AvgIpc) is 2.67. The summed E-state index contributed by atoms with van der Waals surface area (Å²) in [5.74, 6) is 1.09. The number of unbranched alkanes of at least 4 members (excludes halogenated alkanes) is 1. The standard InChI is InChI=1S/C10H18O.C7H12O2.CH4/c1-8-4-5-9(6-7-11)10(8,2)3;1-3-5-6-9-7(8)4-2;/h7-9H,4-6H2,1-3H3;4H,2-3,5-6H2,1H3;1H4. The van der Waals surface area contributed by atoms with Crippen molar-refractivity contribution in [3.05, 3.63) is 12.7 Å². The highest BCUT2D eigenvalue weighted by atomic mass is 16.5. The minimum absolute atomic E-state index is 0. The number of hydrogen-bond acceptors (Lipinski definition) is 3. The van der Waals surface area contributed by atoms with Gasteiger partial charge in [-0.05, 0) is 36.5 Å². The predicted octanol–water partition coefficient (Wildman–Crippen LogP) is 4.80. The van der Waals surface area contributed by atoms with Crippen molar-refractivity contribution < 1.29 is 14.3 Å². The maximum atomic E-state index is 10.4. The van der Waals surface area contributed by atoms with E-state index in [1.165, 1.54) is 18.9 Å². The maximum absolute atomic E-state index is 10.4. The first kappa shape index (κ1) is 22.2. The van der Waals surface area contributed by atoms with Crippen LogP contribution in [0.1, 0.15) is 67.2 Å². The summed E-state index contributed by atoms with van der Waals surface area (Å²) < 4.78 is 4.67. The summed E-state index contributed by atoms with van der Waals surface area (Å²) in [6.45, 7) is 12.7. The van der Waals surface area contributed by atoms with Gasteiger partial charge in [-0.1, -0.05) is 48.1 Å². The first-order chi connectivity index (χ1) is 9.39. The van der Waals surface area contributed by atoms with E-state index < -0.39 is 0 Å². The van der Waals surface area contributed by atoms with Crippen LogP contribution in [0.25, 0.3) is 0 Å². The fraction of sp³-hybridized carbons (Fsp3) is 0.778. The van der Waals surface area contributed by atoms with E-state index in [-0.39, 0.29) is 13.4 Å². The molecule has 124 valence electrons. The summed E-state index contributed by atoms with van der Waals surface area (Å²) in [7, 11) is 0. The Labute approximate surface area is 131 Å². The Balaban J connectivity index is 0. The molecule has 0 aromatic carbocycles. The van der Waals surface area contributed by atoms with Crippen LogP contribution in [0.15, 0.2) is 12.7 Å². The zero-order valence-corrected chi connectivity index (χ0v) is 13.5. The van der Waals surface area contributed by atoms with Gasteiger partial charge in [0.05, 0.1) is 6.61 Å². The summed E-state index contributed by atoms with van der Waals surface area (Å²) in [4.78, 5) is 20.7. The second kappa shape index (κ2) is 11.5. The monoisotopic (exact) mass is 298 g/mol. The number of rotatable bonds is 6. The van der Waals surface area contributed by atoms with Gasteiger partial charge in [0.2, 0.25) is 0 Å². The average molecular weight is 298 g/mol. The van der Waals surface area contributed by atoms with Crippen LogP contribution in [0.2, 0.25) is 0 Å². The Morgan fingerprint density at radius 2 is 2.00 bits per heavy atom. The number of esters is 1. The maximum Gasteiger partial charge on any atom is 0.330 e. The molecule has 2 atom stereocenters. The van der Waals surface area contributed by atoms with Crippen molar-refractivity contribution in [2.75, 3.05) is 6.61 Å². The van der Waals surface area contributed by atoms with E-state index in [4.69, 9.17) is 0 Å². The molecule has 2 unspecified atom stereocenters. The largest absolute Gasteiger partial charge is 0.463 e. The Bertz CT molecular complexity index is 308. The molecular formula is C18H34O3. The lowest BCUT2D eigenvalue weighted by Crippen LogP contribution is -2.23. The summed E-state index contributed by atoms with van der Waals surface area (Å²) in [6.07, 6.45) is 7.53. The van der Waals surface area contributed by atoms with Crippen LogP contribution in [0.3, 0.4) is 0 Å². The quantitative estimate of drug-likeness (QED) is 0.306. The summed E-state index contributed by atoms with van der Waals surface area (Å²) in [5, 5.41) is 0. The van der Waals surface area contributed by atoms with E-state index in [2.05, 4.69) is 32.1 Å². The van der Waals surface area contributed by atoms with E-state index >= 15 is 0 Å². The van der Waals surface area contributed by atoms with Crippen molar-refractivity contribution in [3.8, 4) is 0 Å². The fourth-order valence-corrected chi connectivity index (χ4v) is 2.51. The molecule has 0 bridgehead atoms. The molecule has 0 heterocycles. The molecule has 21 heavy (non-hydrogen) atoms. The number of aldehydes is 1. The van der Waals surface area contributed by atoms with Crippen molar-refractivity contribution in [3.63, 3.8) is 0 Å². The SMILES string of the molecule is C.C=CC(=O)OCCCC.CC1CCC(CC=O)C1(C)C. The molecular weight excluding hydrogens is 264 g/mol. The smallest absolute Gasteiger partial charge is 0.330 e. The Hall–Kier alpha value is -1.12. The Kier molecular flexibility index (Phi) is 12.2. The minimum atomic E-state index is -0.330. The third kappa shape index (κ3) is 8.03. The van der Waals surface area contributed by atoms with Crippen molar-refractivity contribution in [2.24, 2.45) is 17.3 Å². The van der Waals surface area contributed by atoms with Gasteiger partial charge in [0, 0.05) is 12.5 Å². The molecule has 1 aliphatic rings. The van der Waals surface area contributed by atoms with E-state index in [9.17, 15) is 9.59 Å². The number of carbonyl (C=O) groups excluding carboxylic acids is 2. The van der Waals surface area contributed by atoms with Gasteiger partial charge in [0.25, 0.3) is 0 Å². The van der Waals surface area contributed by atoms with Gasteiger partial charge >= 0.3 is 5.97 Å². The van der Waals surface area contributed by atoms with Crippen LogP contribution in [-0.4, -0.2) is 18.9 Å². The van der Waals surface area contributed by atoms with Gasteiger partial charge in [0.15, 0.2) is 0 Å². The van der Waals surface area contributed by atoms with Crippen LogP contribution in [0, 0.1) is 17.3 Å². The van der Waals surface area contributed by atoms with Gasteiger partial charge in [-0.25, -0.2) is 4.79 Å². The van der Waals surface area contributed by atoms with E-state index in [0.29, 0.717) is 17.9 Å². The number of carbonyl (C=O) groups is 2. The second-order valence-electron chi connectivity index (χ2n) is 6.12. The van der Waals surface area contributed by atoms with Crippen molar-refractivity contribution in [1.29, 1.82) is 0 Å². The zero-order chi connectivity index (χ0) is 15.6. The second-order valence-corrected chi connectivity index (χ2v) is 6.12. The third-order valence-electron chi connectivity index (χ3n) is 4.56. The Morgan fingerprint density at radius 3 is 2.38 bits per heavy atom. The lowest BCUT2D eigenvalue weighted by molar-refractivity contribution is -0.137. The number of hydrogen-bond donors (Lipinski definition) is 0. The lowest BCUT2D eigenvalue weighted by atomic mass is 9.75. The number of ether oxygens (including phenoxy) is 1. The topological polar surface area (TPSA) is 43.4 Å². The van der Waals surface area contributed by atoms with Crippen molar-refractivity contribution >= 4 is 12.3 Å². The summed E-state index contributed by atoms with van der Waals surface area (Å²) in [6, 6.07) is 0. The first-order valence-corrected chi connectivity index (χ1v) is 7.62. The molecule has 0 aliphatic heterocycles. The molecule has 1 fully saturated rings. The van der Waals surface area contributed by atoms with Crippen LogP contribution < -0.4 is 0 Å². The molecule has 0 amide bonds. The van der Waals surface area contributed by atoms with Gasteiger partial charge in [-0.2, -0.15) is 0 Å². The zero-order valence-electron chi connectivity index (χ0n) is 13.5. The fourth-order valence-electron chi connectivity index (χ4n) is 2.51. The van der Waals surface area contributed by atoms with Crippen LogP contribution >= 0.6 is 0 Å². The lowest BCUT2D eigenvalue weighted by Gasteiger charge is -2.30. The molecule has 0 radical (unpaired) electrons. The molecule has 0 spiro atoms. The molecule has 1 saturated carbocycles. The van der Waals surface area contributed by atoms with Crippen molar-refractivity contribution in [2.45, 2.75) is 67.2 Å². The highest BCUT2D eigenvalue weighted by molar-refractivity contribution is 5.81. The van der Waals surface area contributed by atoms with E-state index in [0.717, 1.165) is 31.5 Å². The van der Waals surface area contributed by atoms with E-state index in [1.54, 1.807) is 0 Å². The van der Waals surface area contributed by atoms with Gasteiger partial charge < -0.3 is 9.53 Å². The van der Waals surface area contributed by atoms with Crippen LogP contribution in [-0.2, 0) is 14.3 Å². The van der Waals surface area contributed by atoms with Crippen LogP contribution in [0.5, 0.6) is 0 Å². The van der Waals surface area contributed by atoms with Gasteiger partial charge in [-0.3, -0.25) is 0 Å². The summed E-state index contributed by atoms with van der Waals surface area (Å²) >= 11 is 0. The third-order valence-corrected chi connectivity index (χ3v) is 4.56. The highest BCUT2D eigenvalue weighted by Gasteiger charge is 2.39. The molecule has 0 aromatic heterocycles. The molecule has 1 rings (SSSR count).